The minimum Gasteiger partial charge on any atom is -0.480 e. The van der Waals surface area contributed by atoms with E-state index < -0.39 is 29.7 Å². The van der Waals surface area contributed by atoms with Gasteiger partial charge in [-0.15, -0.1) is 0 Å². The van der Waals surface area contributed by atoms with Crippen molar-refractivity contribution >= 4 is 17.7 Å². The zero-order valence-electron chi connectivity index (χ0n) is 9.54. The van der Waals surface area contributed by atoms with Crippen LogP contribution < -0.4 is 10.6 Å². The van der Waals surface area contributed by atoms with E-state index >= 15 is 0 Å². The number of halogens is 2. The highest BCUT2D eigenvalue weighted by Crippen LogP contribution is 2.12. The van der Waals surface area contributed by atoms with E-state index in [1.54, 1.807) is 6.92 Å². The fraction of sp³-hybridized carbons (Fsp3) is 0.273. The van der Waals surface area contributed by atoms with Crippen molar-refractivity contribution in [3.8, 4) is 0 Å². The predicted molar refractivity (Wildman–Crippen MR) is 60.2 cm³/mol. The van der Waals surface area contributed by atoms with Crippen LogP contribution in [0.15, 0.2) is 18.2 Å². The molecule has 0 saturated heterocycles. The van der Waals surface area contributed by atoms with Crippen LogP contribution in [0.3, 0.4) is 0 Å². The second kappa shape index (κ2) is 5.95. The molecule has 2 amide bonds. The highest BCUT2D eigenvalue weighted by molar-refractivity contribution is 5.92. The molecule has 1 rings (SSSR count). The van der Waals surface area contributed by atoms with Gasteiger partial charge in [0.05, 0.1) is 0 Å². The standard InChI is InChI=1S/C11H12F2N2O3/c1-2-9(10(16)17)15-11(18)14-6-3-4-7(12)8(13)5-6/h3-5,9H,2H2,1H3,(H,16,17)(H2,14,15,18). The molecule has 0 radical (unpaired) electrons. The monoisotopic (exact) mass is 258 g/mol. The van der Waals surface area contributed by atoms with Crippen molar-refractivity contribution in [1.82, 2.24) is 5.32 Å². The molecule has 0 aliphatic rings. The van der Waals surface area contributed by atoms with E-state index in [0.29, 0.717) is 0 Å². The van der Waals surface area contributed by atoms with Gasteiger partial charge in [-0.3, -0.25) is 0 Å². The number of hydrogen-bond acceptors (Lipinski definition) is 2. The normalized spacial score (nSPS) is 11.7. The fourth-order valence-corrected chi connectivity index (χ4v) is 1.24. The maximum Gasteiger partial charge on any atom is 0.326 e. The van der Waals surface area contributed by atoms with Crippen LogP contribution in [0.2, 0.25) is 0 Å². The predicted octanol–water partition coefficient (Wildman–Crippen LogP) is 1.95. The summed E-state index contributed by atoms with van der Waals surface area (Å²) in [7, 11) is 0. The molecular formula is C11H12F2N2O3. The molecule has 1 aromatic carbocycles. The zero-order chi connectivity index (χ0) is 13.7. The van der Waals surface area contributed by atoms with Crippen molar-refractivity contribution in [2.24, 2.45) is 0 Å². The maximum atomic E-state index is 12.8. The van der Waals surface area contributed by atoms with Crippen LogP contribution >= 0.6 is 0 Å². The summed E-state index contributed by atoms with van der Waals surface area (Å²) in [6.07, 6.45) is 0.209. The molecule has 98 valence electrons. The Kier molecular flexibility index (Phi) is 4.59. The molecule has 0 fully saturated rings. The maximum absolute atomic E-state index is 12.8. The number of aliphatic carboxylic acids is 1. The first-order valence-electron chi connectivity index (χ1n) is 5.19. The Bertz CT molecular complexity index is 466. The van der Waals surface area contributed by atoms with E-state index in [4.69, 9.17) is 5.11 Å². The highest BCUT2D eigenvalue weighted by Gasteiger charge is 2.17. The summed E-state index contributed by atoms with van der Waals surface area (Å²) < 4.78 is 25.5. The number of carbonyl (C=O) groups excluding carboxylic acids is 1. The first kappa shape index (κ1) is 13.9. The third-order valence-corrected chi connectivity index (χ3v) is 2.19. The van der Waals surface area contributed by atoms with E-state index in [0.717, 1.165) is 12.1 Å². The van der Waals surface area contributed by atoms with Crippen LogP contribution in [-0.2, 0) is 4.79 Å². The molecule has 18 heavy (non-hydrogen) atoms. The van der Waals surface area contributed by atoms with Crippen molar-refractivity contribution in [3.63, 3.8) is 0 Å². The van der Waals surface area contributed by atoms with E-state index in [2.05, 4.69) is 10.6 Å². The largest absolute Gasteiger partial charge is 0.480 e. The number of hydrogen-bond donors (Lipinski definition) is 3. The Labute approximate surface area is 102 Å². The quantitative estimate of drug-likeness (QED) is 0.772. The SMILES string of the molecule is CCC(NC(=O)Nc1ccc(F)c(F)c1)C(=O)O. The van der Waals surface area contributed by atoms with Crippen LogP contribution in [0.5, 0.6) is 0 Å². The van der Waals surface area contributed by atoms with Gasteiger partial charge in [0.15, 0.2) is 11.6 Å². The number of carboxylic acids is 1. The van der Waals surface area contributed by atoms with Gasteiger partial charge in [0, 0.05) is 11.8 Å². The molecule has 7 heteroatoms. The first-order chi connectivity index (χ1) is 8.43. The highest BCUT2D eigenvalue weighted by atomic mass is 19.2. The van der Waals surface area contributed by atoms with Crippen molar-refractivity contribution in [3.05, 3.63) is 29.8 Å². The summed E-state index contributed by atoms with van der Waals surface area (Å²) in [6, 6.07) is 1.00. The third kappa shape index (κ3) is 3.69. The number of anilines is 1. The lowest BCUT2D eigenvalue weighted by Crippen LogP contribution is -2.42. The Morgan fingerprint density at radius 1 is 1.33 bits per heavy atom. The molecule has 0 aliphatic heterocycles. The van der Waals surface area contributed by atoms with Gasteiger partial charge >= 0.3 is 12.0 Å². The number of rotatable bonds is 4. The number of benzene rings is 1. The Morgan fingerprint density at radius 3 is 2.50 bits per heavy atom. The molecule has 1 atom stereocenters. The molecule has 0 aromatic heterocycles. The minimum atomic E-state index is -1.17. The van der Waals surface area contributed by atoms with Crippen LogP contribution in [0, 0.1) is 11.6 Å². The first-order valence-corrected chi connectivity index (χ1v) is 5.19. The van der Waals surface area contributed by atoms with E-state index in [1.165, 1.54) is 6.07 Å². The zero-order valence-corrected chi connectivity index (χ0v) is 9.54. The summed E-state index contributed by atoms with van der Waals surface area (Å²) >= 11 is 0. The lowest BCUT2D eigenvalue weighted by molar-refractivity contribution is -0.139. The van der Waals surface area contributed by atoms with Gasteiger partial charge in [-0.2, -0.15) is 0 Å². The number of carbonyl (C=O) groups is 2. The van der Waals surface area contributed by atoms with E-state index in [-0.39, 0.29) is 12.1 Å². The summed E-state index contributed by atoms with van der Waals surface area (Å²) in [5, 5.41) is 13.1. The van der Waals surface area contributed by atoms with Crippen molar-refractivity contribution in [2.75, 3.05) is 5.32 Å². The van der Waals surface area contributed by atoms with Crippen LogP contribution in [0.25, 0.3) is 0 Å². The molecule has 0 spiro atoms. The van der Waals surface area contributed by atoms with Crippen molar-refractivity contribution < 1.29 is 23.5 Å². The van der Waals surface area contributed by atoms with Crippen molar-refractivity contribution in [1.29, 1.82) is 0 Å². The lowest BCUT2D eigenvalue weighted by atomic mass is 10.2. The summed E-state index contributed by atoms with van der Waals surface area (Å²) in [5.41, 5.74) is 0.0339. The van der Waals surface area contributed by atoms with E-state index in [1.807, 2.05) is 0 Å². The van der Waals surface area contributed by atoms with Crippen LogP contribution in [-0.4, -0.2) is 23.1 Å². The van der Waals surface area contributed by atoms with Gasteiger partial charge in [0.25, 0.3) is 0 Å². The molecule has 5 nitrogen and oxygen atoms in total. The van der Waals surface area contributed by atoms with Gasteiger partial charge < -0.3 is 15.7 Å². The second-order valence-corrected chi connectivity index (χ2v) is 3.53. The van der Waals surface area contributed by atoms with Crippen LogP contribution in [0.1, 0.15) is 13.3 Å². The van der Waals surface area contributed by atoms with Gasteiger partial charge in [0.2, 0.25) is 0 Å². The number of nitrogens with one attached hydrogen (secondary N) is 2. The average molecular weight is 258 g/mol. The molecule has 0 saturated carbocycles. The smallest absolute Gasteiger partial charge is 0.326 e. The van der Waals surface area contributed by atoms with Crippen molar-refractivity contribution in [2.45, 2.75) is 19.4 Å². The average Bonchev–Trinajstić information content (AvgIpc) is 2.30. The van der Waals surface area contributed by atoms with Gasteiger partial charge in [-0.25, -0.2) is 18.4 Å². The lowest BCUT2D eigenvalue weighted by Gasteiger charge is -2.13. The summed E-state index contributed by atoms with van der Waals surface area (Å²) in [5.74, 6) is -3.30. The molecule has 0 bridgehead atoms. The van der Waals surface area contributed by atoms with E-state index in [9.17, 15) is 18.4 Å². The number of amides is 2. The minimum absolute atomic E-state index is 0.0339. The van der Waals surface area contributed by atoms with Gasteiger partial charge in [-0.1, -0.05) is 6.92 Å². The molecule has 1 aromatic rings. The van der Waals surface area contributed by atoms with Gasteiger partial charge in [-0.05, 0) is 18.6 Å². The topological polar surface area (TPSA) is 78.4 Å². The molecule has 0 heterocycles. The fourth-order valence-electron chi connectivity index (χ4n) is 1.24. The number of urea groups is 1. The summed E-state index contributed by atoms with van der Waals surface area (Å²) in [6.45, 7) is 1.59. The van der Waals surface area contributed by atoms with Crippen LogP contribution in [0.4, 0.5) is 19.3 Å². The molecule has 3 N–H and O–H groups in total. The number of carboxylic acid groups (broad SMARTS) is 1. The second-order valence-electron chi connectivity index (χ2n) is 3.53. The summed E-state index contributed by atoms with van der Waals surface area (Å²) in [4.78, 5) is 22.0. The van der Waals surface area contributed by atoms with Gasteiger partial charge in [0.1, 0.15) is 6.04 Å². The Morgan fingerprint density at radius 2 is 2.00 bits per heavy atom. The molecular weight excluding hydrogens is 246 g/mol. The Balaban J connectivity index is 2.64. The Hall–Kier alpha value is -2.18. The third-order valence-electron chi connectivity index (χ3n) is 2.19. The molecule has 1 unspecified atom stereocenters. The molecule has 0 aliphatic carbocycles.